The van der Waals surface area contributed by atoms with Gasteiger partial charge < -0.3 is 15.2 Å². The number of nitrogens with one attached hydrogen (secondary N) is 1. The third kappa shape index (κ3) is 4.72. The van der Waals surface area contributed by atoms with Crippen LogP contribution in [0.15, 0.2) is 22.7 Å². The molecule has 2 rings (SSSR count). The second-order valence-corrected chi connectivity index (χ2v) is 6.66. The van der Waals surface area contributed by atoms with Crippen molar-refractivity contribution < 1.29 is 9.84 Å². The van der Waals surface area contributed by atoms with Crippen molar-refractivity contribution in [2.24, 2.45) is 0 Å². The van der Waals surface area contributed by atoms with E-state index in [0.29, 0.717) is 24.5 Å². The lowest BCUT2D eigenvalue weighted by Crippen LogP contribution is -2.46. The Bertz CT molecular complexity index is 433. The van der Waals surface area contributed by atoms with Crippen LogP contribution in [0.4, 0.5) is 0 Å². The Balaban J connectivity index is 1.99. The monoisotopic (exact) mass is 347 g/mol. The first-order valence-corrected chi connectivity index (χ1v) is 7.61. The minimum atomic E-state index is -0.796. The van der Waals surface area contributed by atoms with Gasteiger partial charge in [-0.15, -0.1) is 0 Å². The normalized spacial score (nSPS) is 23.1. The molecule has 0 aromatic heterocycles. The predicted molar refractivity (Wildman–Crippen MR) is 80.7 cm³/mol. The minimum Gasteiger partial charge on any atom is -0.390 e. The zero-order chi connectivity index (χ0) is 13.9. The van der Waals surface area contributed by atoms with Gasteiger partial charge in [0.15, 0.2) is 0 Å². The molecule has 2 unspecified atom stereocenters. The van der Waals surface area contributed by atoms with Crippen LogP contribution in [0.2, 0.25) is 5.02 Å². The molecule has 1 aliphatic rings. The maximum absolute atomic E-state index is 10.5. The Hall–Kier alpha value is -0.130. The summed E-state index contributed by atoms with van der Waals surface area (Å²) >= 11 is 9.58. The van der Waals surface area contributed by atoms with Crippen LogP contribution < -0.4 is 5.32 Å². The Labute approximate surface area is 127 Å². The van der Waals surface area contributed by atoms with Crippen molar-refractivity contribution in [1.82, 2.24) is 5.32 Å². The molecule has 19 heavy (non-hydrogen) atoms. The van der Waals surface area contributed by atoms with E-state index in [2.05, 4.69) is 21.2 Å². The summed E-state index contributed by atoms with van der Waals surface area (Å²) < 4.78 is 6.36. The fourth-order valence-corrected chi connectivity index (χ4v) is 3.17. The molecule has 1 heterocycles. The van der Waals surface area contributed by atoms with E-state index in [1.807, 2.05) is 25.1 Å². The summed E-state index contributed by atoms with van der Waals surface area (Å²) in [5.41, 5.74) is 0.169. The molecule has 106 valence electrons. The van der Waals surface area contributed by atoms with Crippen LogP contribution in [-0.4, -0.2) is 36.5 Å². The molecule has 0 bridgehead atoms. The third-order valence-corrected chi connectivity index (χ3v) is 4.12. The molecule has 0 aliphatic carbocycles. The molecule has 0 radical (unpaired) electrons. The van der Waals surface area contributed by atoms with Crippen LogP contribution in [-0.2, 0) is 11.2 Å². The van der Waals surface area contributed by atoms with Crippen molar-refractivity contribution >= 4 is 27.5 Å². The topological polar surface area (TPSA) is 41.5 Å². The number of hydrogen-bond acceptors (Lipinski definition) is 3. The second-order valence-electron chi connectivity index (χ2n) is 5.34. The van der Waals surface area contributed by atoms with Crippen molar-refractivity contribution in [3.63, 3.8) is 0 Å². The highest BCUT2D eigenvalue weighted by Crippen LogP contribution is 2.27. The highest BCUT2D eigenvalue weighted by Gasteiger charge is 2.27. The fraction of sp³-hybridized carbons (Fsp3) is 0.571. The number of rotatable bonds is 4. The molecule has 1 fully saturated rings. The van der Waals surface area contributed by atoms with Gasteiger partial charge in [0.05, 0.1) is 18.8 Å². The quantitative estimate of drug-likeness (QED) is 0.879. The van der Waals surface area contributed by atoms with E-state index in [4.69, 9.17) is 16.3 Å². The molecular weight excluding hydrogens is 330 g/mol. The van der Waals surface area contributed by atoms with E-state index in [1.54, 1.807) is 0 Å². The smallest absolute Gasteiger partial charge is 0.0676 e. The number of halogens is 2. The van der Waals surface area contributed by atoms with E-state index in [1.165, 1.54) is 0 Å². The summed E-state index contributed by atoms with van der Waals surface area (Å²) in [5.74, 6) is 0. The first-order valence-electron chi connectivity index (χ1n) is 6.44. The van der Waals surface area contributed by atoms with Gasteiger partial charge in [-0.05, 0) is 31.0 Å². The summed E-state index contributed by atoms with van der Waals surface area (Å²) in [4.78, 5) is 0. The molecular formula is C14H19BrClNO2. The van der Waals surface area contributed by atoms with Crippen molar-refractivity contribution in [2.45, 2.75) is 31.4 Å². The van der Waals surface area contributed by atoms with Gasteiger partial charge in [0.25, 0.3) is 0 Å². The van der Waals surface area contributed by atoms with Gasteiger partial charge in [0, 0.05) is 28.5 Å². The maximum atomic E-state index is 10.5. The van der Waals surface area contributed by atoms with Gasteiger partial charge in [-0.3, -0.25) is 0 Å². The summed E-state index contributed by atoms with van der Waals surface area (Å²) in [7, 11) is 0. The summed E-state index contributed by atoms with van der Waals surface area (Å²) in [6.07, 6.45) is 1.19. The molecule has 5 heteroatoms. The molecule has 1 aliphatic heterocycles. The van der Waals surface area contributed by atoms with Gasteiger partial charge >= 0.3 is 0 Å². The zero-order valence-electron chi connectivity index (χ0n) is 11.0. The molecule has 0 saturated carbocycles. The number of aliphatic hydroxyl groups is 1. The lowest BCUT2D eigenvalue weighted by atomic mass is 9.89. The number of benzene rings is 1. The van der Waals surface area contributed by atoms with Gasteiger partial charge in [-0.25, -0.2) is 0 Å². The zero-order valence-corrected chi connectivity index (χ0v) is 13.3. The molecule has 0 amide bonds. The maximum Gasteiger partial charge on any atom is 0.0676 e. The molecule has 0 spiro atoms. The summed E-state index contributed by atoms with van der Waals surface area (Å²) in [6, 6.07) is 5.96. The lowest BCUT2D eigenvalue weighted by Gasteiger charge is -2.31. The van der Waals surface area contributed by atoms with Crippen LogP contribution in [0.5, 0.6) is 0 Å². The summed E-state index contributed by atoms with van der Waals surface area (Å²) in [6.45, 7) is 4.10. The highest BCUT2D eigenvalue weighted by atomic mass is 79.9. The van der Waals surface area contributed by atoms with E-state index >= 15 is 0 Å². The third-order valence-electron chi connectivity index (χ3n) is 3.27. The van der Waals surface area contributed by atoms with E-state index < -0.39 is 5.60 Å². The van der Waals surface area contributed by atoms with Crippen LogP contribution in [0, 0.1) is 0 Å². The Morgan fingerprint density at radius 2 is 2.37 bits per heavy atom. The Kier molecular flexibility index (Phi) is 5.26. The van der Waals surface area contributed by atoms with E-state index in [0.717, 1.165) is 23.2 Å². The van der Waals surface area contributed by atoms with Crippen LogP contribution >= 0.6 is 27.5 Å². The first kappa shape index (κ1) is 15.3. The number of ether oxygens (including phenoxy) is 1. The van der Waals surface area contributed by atoms with Gasteiger partial charge in [0.1, 0.15) is 0 Å². The van der Waals surface area contributed by atoms with Crippen LogP contribution in [0.25, 0.3) is 0 Å². The SMILES string of the molecule is CC(O)(Cc1ccc(Br)cc1Cl)CC1COCCN1. The number of hydrogen-bond donors (Lipinski definition) is 2. The van der Waals surface area contributed by atoms with E-state index in [-0.39, 0.29) is 6.04 Å². The van der Waals surface area contributed by atoms with Crippen molar-refractivity contribution in [1.29, 1.82) is 0 Å². The standard InChI is InChI=1S/C14H19BrClNO2/c1-14(18,8-12-9-19-5-4-17-12)7-10-2-3-11(15)6-13(10)16/h2-3,6,12,17-18H,4-5,7-9H2,1H3. The second kappa shape index (κ2) is 6.55. The van der Waals surface area contributed by atoms with Crippen molar-refractivity contribution in [3.8, 4) is 0 Å². The predicted octanol–water partition coefficient (Wildman–Crippen LogP) is 2.77. The van der Waals surface area contributed by atoms with Gasteiger partial charge in [-0.2, -0.15) is 0 Å². The average Bonchev–Trinajstić information content (AvgIpc) is 2.33. The van der Waals surface area contributed by atoms with Crippen LogP contribution in [0.3, 0.4) is 0 Å². The highest BCUT2D eigenvalue weighted by molar-refractivity contribution is 9.10. The summed E-state index contributed by atoms with van der Waals surface area (Å²) in [5, 5.41) is 14.6. The fourth-order valence-electron chi connectivity index (χ4n) is 2.43. The van der Waals surface area contributed by atoms with Gasteiger partial charge in [0.2, 0.25) is 0 Å². The Morgan fingerprint density at radius 1 is 1.58 bits per heavy atom. The lowest BCUT2D eigenvalue weighted by molar-refractivity contribution is 0.00652. The molecule has 1 aromatic carbocycles. The van der Waals surface area contributed by atoms with Crippen molar-refractivity contribution in [2.75, 3.05) is 19.8 Å². The molecule has 1 aromatic rings. The largest absolute Gasteiger partial charge is 0.390 e. The Morgan fingerprint density at radius 3 is 3.00 bits per heavy atom. The minimum absolute atomic E-state index is 0.206. The molecule has 2 atom stereocenters. The van der Waals surface area contributed by atoms with Crippen molar-refractivity contribution in [3.05, 3.63) is 33.3 Å². The first-order chi connectivity index (χ1) is 8.96. The molecule has 1 saturated heterocycles. The van der Waals surface area contributed by atoms with E-state index in [9.17, 15) is 5.11 Å². The number of morpholine rings is 1. The average molecular weight is 349 g/mol. The van der Waals surface area contributed by atoms with Crippen LogP contribution in [0.1, 0.15) is 18.9 Å². The van der Waals surface area contributed by atoms with Gasteiger partial charge in [-0.1, -0.05) is 33.6 Å². The molecule has 2 N–H and O–H groups in total. The molecule has 3 nitrogen and oxygen atoms in total.